The van der Waals surface area contributed by atoms with Crippen LogP contribution in [0.3, 0.4) is 0 Å². The summed E-state index contributed by atoms with van der Waals surface area (Å²) in [7, 11) is 0. The molecule has 0 fully saturated rings. The molecule has 0 saturated carbocycles. The number of hydrazine groups is 1. The highest BCUT2D eigenvalue weighted by atomic mass is 15.3. The van der Waals surface area contributed by atoms with Gasteiger partial charge in [0.25, 0.3) is 0 Å². The average Bonchev–Trinajstić information content (AvgIpc) is 2.91. The molecule has 0 saturated heterocycles. The number of aromatic nitrogens is 2. The Hall–Kier alpha value is -2.14. The van der Waals surface area contributed by atoms with Gasteiger partial charge in [-0.05, 0) is 25.0 Å². The van der Waals surface area contributed by atoms with Gasteiger partial charge in [-0.15, -0.1) is 0 Å². The molecule has 0 unspecified atom stereocenters. The Balaban J connectivity index is 2.11. The molecule has 0 amide bonds. The summed E-state index contributed by atoms with van der Waals surface area (Å²) in [5.41, 5.74) is 6.27. The quantitative estimate of drug-likeness (QED) is 0.661. The van der Waals surface area contributed by atoms with Crippen molar-refractivity contribution in [3.05, 3.63) is 41.2 Å². The number of fused-ring (bicyclic) bond motifs is 1. The summed E-state index contributed by atoms with van der Waals surface area (Å²) in [6.45, 7) is 5.00. The van der Waals surface area contributed by atoms with Crippen LogP contribution in [0.25, 0.3) is 0 Å². The minimum atomic E-state index is 0.705. The summed E-state index contributed by atoms with van der Waals surface area (Å²) in [5, 5.41) is 0. The minimum absolute atomic E-state index is 0.705. The van der Waals surface area contributed by atoms with Gasteiger partial charge in [-0.3, -0.25) is 0 Å². The number of aryl methyl sites for hydroxylation is 1. The van der Waals surface area contributed by atoms with E-state index in [-0.39, 0.29) is 0 Å². The van der Waals surface area contributed by atoms with Gasteiger partial charge in [0.15, 0.2) is 0 Å². The second kappa shape index (κ2) is 5.09. The maximum Gasteiger partial charge on any atom is 0.148 e. The second-order valence-corrected chi connectivity index (χ2v) is 4.97. The van der Waals surface area contributed by atoms with E-state index in [1.54, 1.807) is 0 Å². The summed E-state index contributed by atoms with van der Waals surface area (Å²) in [4.78, 5) is 11.4. The van der Waals surface area contributed by atoms with Crippen LogP contribution in [0.4, 0.5) is 17.3 Å². The number of nitrogen functional groups attached to an aromatic ring is 1. The van der Waals surface area contributed by atoms with Gasteiger partial charge in [-0.25, -0.2) is 15.8 Å². The Morgan fingerprint density at radius 1 is 1.30 bits per heavy atom. The summed E-state index contributed by atoms with van der Waals surface area (Å²) in [6, 6.07) is 8.47. The van der Waals surface area contributed by atoms with E-state index in [0.717, 1.165) is 36.6 Å². The largest absolute Gasteiger partial charge is 0.325 e. The predicted molar refractivity (Wildman–Crippen MR) is 81.1 cm³/mol. The molecule has 0 atom stereocenters. The van der Waals surface area contributed by atoms with E-state index in [0.29, 0.717) is 5.82 Å². The zero-order chi connectivity index (χ0) is 14.1. The Bertz CT molecular complexity index is 638. The molecule has 3 rings (SSSR count). The van der Waals surface area contributed by atoms with Crippen LogP contribution in [0, 0.1) is 6.92 Å². The number of nitrogens with two attached hydrogens (primary N) is 1. The third-order valence-corrected chi connectivity index (χ3v) is 3.76. The van der Waals surface area contributed by atoms with E-state index < -0.39 is 0 Å². The molecule has 3 N–H and O–H groups in total. The predicted octanol–water partition coefficient (Wildman–Crippen LogP) is 2.33. The number of nitrogens with zero attached hydrogens (tertiary/aromatic N) is 3. The Morgan fingerprint density at radius 3 is 2.85 bits per heavy atom. The molecular formula is C15H19N5. The van der Waals surface area contributed by atoms with E-state index in [9.17, 15) is 0 Å². The molecule has 0 radical (unpaired) electrons. The molecule has 104 valence electrons. The minimum Gasteiger partial charge on any atom is -0.325 e. The molecule has 2 aromatic rings. The van der Waals surface area contributed by atoms with Crippen molar-refractivity contribution >= 4 is 17.3 Å². The summed E-state index contributed by atoms with van der Waals surface area (Å²) < 4.78 is 0. The van der Waals surface area contributed by atoms with Gasteiger partial charge in [0.05, 0.1) is 0 Å². The Kier molecular flexibility index (Phi) is 3.28. The lowest BCUT2D eigenvalue weighted by Gasteiger charge is -2.22. The fraction of sp³-hybridized carbons (Fsp3) is 0.333. The molecule has 0 bridgehead atoms. The fourth-order valence-corrected chi connectivity index (χ4v) is 2.67. The molecular weight excluding hydrogens is 250 g/mol. The van der Waals surface area contributed by atoms with E-state index >= 15 is 0 Å². The van der Waals surface area contributed by atoms with Crippen LogP contribution >= 0.6 is 0 Å². The Labute approximate surface area is 118 Å². The summed E-state index contributed by atoms with van der Waals surface area (Å²) in [6.07, 6.45) is 1.84. The normalized spacial score (nSPS) is 13.4. The van der Waals surface area contributed by atoms with Gasteiger partial charge in [0.1, 0.15) is 17.5 Å². The number of hydrogen-bond donors (Lipinski definition) is 2. The summed E-state index contributed by atoms with van der Waals surface area (Å²) >= 11 is 0. The van der Waals surface area contributed by atoms with Crippen molar-refractivity contribution in [3.8, 4) is 0 Å². The van der Waals surface area contributed by atoms with Crippen LogP contribution in [-0.2, 0) is 12.8 Å². The van der Waals surface area contributed by atoms with Gasteiger partial charge in [0, 0.05) is 24.2 Å². The van der Waals surface area contributed by atoms with Crippen LogP contribution in [0.5, 0.6) is 0 Å². The summed E-state index contributed by atoms with van der Waals surface area (Å²) in [5.74, 6) is 8.04. The fourth-order valence-electron chi connectivity index (χ4n) is 2.67. The van der Waals surface area contributed by atoms with Crippen molar-refractivity contribution in [2.24, 2.45) is 5.84 Å². The average molecular weight is 269 g/mol. The van der Waals surface area contributed by atoms with Crippen LogP contribution in [-0.4, -0.2) is 16.5 Å². The molecule has 1 aliphatic rings. The van der Waals surface area contributed by atoms with E-state index in [2.05, 4.69) is 39.6 Å². The number of nitrogens with one attached hydrogen (secondary N) is 1. The maximum atomic E-state index is 5.58. The Morgan fingerprint density at radius 2 is 2.10 bits per heavy atom. The molecule has 0 aliphatic carbocycles. The smallest absolute Gasteiger partial charge is 0.148 e. The lowest BCUT2D eigenvalue weighted by atomic mass is 10.2. The van der Waals surface area contributed by atoms with Crippen LogP contribution in [0.1, 0.15) is 23.9 Å². The number of rotatable bonds is 3. The highest BCUT2D eigenvalue weighted by Crippen LogP contribution is 2.36. The zero-order valence-corrected chi connectivity index (χ0v) is 11.8. The van der Waals surface area contributed by atoms with Crippen LogP contribution in [0.15, 0.2) is 24.3 Å². The molecule has 1 aromatic carbocycles. The topological polar surface area (TPSA) is 67.1 Å². The van der Waals surface area contributed by atoms with Gasteiger partial charge in [-0.1, -0.05) is 25.1 Å². The number of benzene rings is 1. The molecule has 0 spiro atoms. The van der Waals surface area contributed by atoms with Crippen molar-refractivity contribution < 1.29 is 0 Å². The first kappa shape index (κ1) is 12.9. The zero-order valence-electron chi connectivity index (χ0n) is 11.8. The van der Waals surface area contributed by atoms with Gasteiger partial charge < -0.3 is 10.3 Å². The van der Waals surface area contributed by atoms with Crippen molar-refractivity contribution in [1.82, 2.24) is 9.97 Å². The van der Waals surface area contributed by atoms with Crippen molar-refractivity contribution in [2.75, 3.05) is 16.9 Å². The first-order chi connectivity index (χ1) is 9.74. The van der Waals surface area contributed by atoms with Gasteiger partial charge in [-0.2, -0.15) is 0 Å². The lowest BCUT2D eigenvalue weighted by molar-refractivity contribution is 0.891. The first-order valence-corrected chi connectivity index (χ1v) is 6.94. The molecule has 1 aromatic heterocycles. The van der Waals surface area contributed by atoms with Crippen molar-refractivity contribution in [2.45, 2.75) is 26.7 Å². The van der Waals surface area contributed by atoms with Crippen LogP contribution in [0.2, 0.25) is 0 Å². The monoisotopic (exact) mass is 269 g/mol. The van der Waals surface area contributed by atoms with Gasteiger partial charge >= 0.3 is 0 Å². The van der Waals surface area contributed by atoms with E-state index in [1.807, 2.05) is 13.8 Å². The third-order valence-electron chi connectivity index (χ3n) is 3.76. The standard InChI is InChI=1S/C15H19N5/c1-3-13-17-14(19-16)10(2)15(18-13)20-9-8-11-6-4-5-7-12(11)20/h4-7H,3,8-9,16H2,1-2H3,(H,17,18,19). The molecule has 5 heteroatoms. The van der Waals surface area contributed by atoms with Gasteiger partial charge in [0.2, 0.25) is 0 Å². The molecule has 20 heavy (non-hydrogen) atoms. The highest BCUT2D eigenvalue weighted by molar-refractivity contribution is 5.72. The van der Waals surface area contributed by atoms with E-state index in [4.69, 9.17) is 10.8 Å². The first-order valence-electron chi connectivity index (χ1n) is 6.94. The molecule has 1 aliphatic heterocycles. The van der Waals surface area contributed by atoms with Crippen LogP contribution < -0.4 is 16.2 Å². The molecule has 2 heterocycles. The maximum absolute atomic E-state index is 5.58. The molecule has 5 nitrogen and oxygen atoms in total. The SMILES string of the molecule is CCc1nc(NN)c(C)c(N2CCc3ccccc32)n1. The lowest BCUT2D eigenvalue weighted by Crippen LogP contribution is -2.20. The number of anilines is 3. The number of para-hydroxylation sites is 1. The van der Waals surface area contributed by atoms with E-state index in [1.165, 1.54) is 11.3 Å². The number of hydrogen-bond acceptors (Lipinski definition) is 5. The second-order valence-electron chi connectivity index (χ2n) is 4.97. The van der Waals surface area contributed by atoms with Crippen molar-refractivity contribution in [3.63, 3.8) is 0 Å². The highest BCUT2D eigenvalue weighted by Gasteiger charge is 2.24. The third kappa shape index (κ3) is 2.00. The van der Waals surface area contributed by atoms with Crippen molar-refractivity contribution in [1.29, 1.82) is 0 Å².